The number of rotatable bonds is 8. The van der Waals surface area contributed by atoms with Crippen molar-refractivity contribution in [3.05, 3.63) is 59.7 Å². The van der Waals surface area contributed by atoms with Crippen molar-refractivity contribution in [3.8, 4) is 0 Å². The van der Waals surface area contributed by atoms with E-state index in [9.17, 15) is 18.6 Å². The zero-order chi connectivity index (χ0) is 20.8. The van der Waals surface area contributed by atoms with Gasteiger partial charge < -0.3 is 15.4 Å². The van der Waals surface area contributed by atoms with Crippen LogP contribution in [0.2, 0.25) is 0 Å². The summed E-state index contributed by atoms with van der Waals surface area (Å²) in [6.45, 7) is 1.23. The first-order valence-electron chi connectivity index (χ1n) is 9.34. The Kier molecular flexibility index (Phi) is 6.77. The van der Waals surface area contributed by atoms with E-state index in [2.05, 4.69) is 10.6 Å². The van der Waals surface area contributed by atoms with Crippen LogP contribution in [0.15, 0.2) is 53.4 Å². The molecule has 0 radical (unpaired) electrons. The van der Waals surface area contributed by atoms with Gasteiger partial charge in [-0.25, -0.2) is 4.79 Å². The molecule has 0 bridgehead atoms. The Bertz CT molecular complexity index is 956. The normalized spacial score (nSPS) is 14.0. The molecule has 8 heteroatoms. The van der Waals surface area contributed by atoms with E-state index >= 15 is 0 Å². The number of carbonyl (C=O) groups is 3. The first-order chi connectivity index (χ1) is 14.0. The molecule has 1 saturated carbocycles. The van der Waals surface area contributed by atoms with Gasteiger partial charge in [-0.2, -0.15) is 0 Å². The molecule has 0 heterocycles. The smallest absolute Gasteiger partial charge is 0.339 e. The number of esters is 1. The minimum absolute atomic E-state index is 0.171. The SMILES string of the molecule is CC[S@](=O)c1ccccc1C(=O)OCC(=O)Nc1ccccc1C(=O)NC1CC1. The summed E-state index contributed by atoms with van der Waals surface area (Å²) in [5.41, 5.74) is 0.867. The van der Waals surface area contributed by atoms with Gasteiger partial charge in [-0.05, 0) is 37.1 Å². The van der Waals surface area contributed by atoms with Crippen molar-refractivity contribution in [1.82, 2.24) is 5.32 Å². The van der Waals surface area contributed by atoms with Crippen molar-refractivity contribution in [2.75, 3.05) is 17.7 Å². The lowest BCUT2D eigenvalue weighted by atomic mass is 10.1. The van der Waals surface area contributed by atoms with Gasteiger partial charge in [0.15, 0.2) is 6.61 Å². The largest absolute Gasteiger partial charge is 0.452 e. The van der Waals surface area contributed by atoms with Crippen molar-refractivity contribution in [3.63, 3.8) is 0 Å². The molecule has 0 aliphatic heterocycles. The van der Waals surface area contributed by atoms with Gasteiger partial charge in [0, 0.05) is 11.8 Å². The highest BCUT2D eigenvalue weighted by atomic mass is 32.2. The van der Waals surface area contributed by atoms with Crippen LogP contribution < -0.4 is 10.6 Å². The number of nitrogens with one attached hydrogen (secondary N) is 2. The standard InChI is InChI=1S/C21H22N2O5S/c1-2-29(27)18-10-6-4-8-16(18)21(26)28-13-19(24)23-17-9-5-3-7-15(17)20(25)22-14-11-12-14/h3-10,14H,2,11-13H2,1H3,(H,22,25)(H,23,24)/t29-/m0/s1. The van der Waals surface area contributed by atoms with Crippen LogP contribution in [0.25, 0.3) is 0 Å². The Hall–Kier alpha value is -3.00. The van der Waals surface area contributed by atoms with Crippen molar-refractivity contribution in [2.45, 2.75) is 30.7 Å². The predicted octanol–water partition coefficient (Wildman–Crippen LogP) is 2.50. The van der Waals surface area contributed by atoms with Gasteiger partial charge in [0.25, 0.3) is 11.8 Å². The third kappa shape index (κ3) is 5.51. The van der Waals surface area contributed by atoms with Crippen molar-refractivity contribution in [1.29, 1.82) is 0 Å². The molecular weight excluding hydrogens is 392 g/mol. The first-order valence-corrected chi connectivity index (χ1v) is 10.7. The van der Waals surface area contributed by atoms with Gasteiger partial charge in [0.1, 0.15) is 0 Å². The first kappa shape index (κ1) is 20.7. The lowest BCUT2D eigenvalue weighted by Gasteiger charge is -2.12. The molecule has 2 N–H and O–H groups in total. The lowest BCUT2D eigenvalue weighted by Crippen LogP contribution is -2.28. The molecule has 1 aliphatic carbocycles. The molecule has 2 amide bonds. The summed E-state index contributed by atoms with van der Waals surface area (Å²) in [7, 11) is -1.32. The number of amides is 2. The lowest BCUT2D eigenvalue weighted by molar-refractivity contribution is -0.119. The van der Waals surface area contributed by atoms with Gasteiger partial charge >= 0.3 is 5.97 Å². The Morgan fingerprint density at radius 2 is 1.69 bits per heavy atom. The van der Waals surface area contributed by atoms with Crippen LogP contribution in [0.5, 0.6) is 0 Å². The van der Waals surface area contributed by atoms with Crippen LogP contribution in [0, 0.1) is 0 Å². The van der Waals surface area contributed by atoms with E-state index < -0.39 is 29.3 Å². The molecule has 7 nitrogen and oxygen atoms in total. The third-order valence-electron chi connectivity index (χ3n) is 4.31. The van der Waals surface area contributed by atoms with Crippen LogP contribution in [0.1, 0.15) is 40.5 Å². The highest BCUT2D eigenvalue weighted by Crippen LogP contribution is 2.21. The Morgan fingerprint density at radius 3 is 2.38 bits per heavy atom. The van der Waals surface area contributed by atoms with E-state index in [1.165, 1.54) is 6.07 Å². The Morgan fingerprint density at radius 1 is 1.03 bits per heavy atom. The summed E-state index contributed by atoms with van der Waals surface area (Å²) in [5.74, 6) is -1.18. The zero-order valence-electron chi connectivity index (χ0n) is 16.0. The van der Waals surface area contributed by atoms with Crippen LogP contribution >= 0.6 is 0 Å². The van der Waals surface area contributed by atoms with E-state index in [1.54, 1.807) is 49.4 Å². The van der Waals surface area contributed by atoms with E-state index in [0.717, 1.165) is 12.8 Å². The maximum atomic E-state index is 12.3. The van der Waals surface area contributed by atoms with Gasteiger partial charge in [0.2, 0.25) is 0 Å². The number of anilines is 1. The fraction of sp³-hybridized carbons (Fsp3) is 0.286. The fourth-order valence-corrected chi connectivity index (χ4v) is 3.60. The maximum Gasteiger partial charge on any atom is 0.339 e. The molecule has 2 aromatic carbocycles. The average molecular weight is 414 g/mol. The van der Waals surface area contributed by atoms with Gasteiger partial charge in [-0.1, -0.05) is 31.2 Å². The molecule has 29 heavy (non-hydrogen) atoms. The summed E-state index contributed by atoms with van der Waals surface area (Å²) in [4.78, 5) is 37.3. The van der Waals surface area contributed by atoms with Crippen molar-refractivity contribution < 1.29 is 23.3 Å². The molecular formula is C21H22N2O5S. The molecule has 1 fully saturated rings. The number of carbonyl (C=O) groups excluding carboxylic acids is 3. The van der Waals surface area contributed by atoms with Crippen LogP contribution in [-0.2, 0) is 20.3 Å². The summed E-state index contributed by atoms with van der Waals surface area (Å²) >= 11 is 0. The second kappa shape index (κ2) is 9.47. The average Bonchev–Trinajstić information content (AvgIpc) is 3.55. The number of benzene rings is 2. The number of hydrogen-bond donors (Lipinski definition) is 2. The summed E-state index contributed by atoms with van der Waals surface area (Å²) in [6.07, 6.45) is 1.92. The van der Waals surface area contributed by atoms with Crippen LogP contribution in [0.4, 0.5) is 5.69 Å². The summed E-state index contributed by atoms with van der Waals surface area (Å²) in [5, 5.41) is 5.48. The van der Waals surface area contributed by atoms with E-state index in [1.807, 2.05) is 0 Å². The zero-order valence-corrected chi connectivity index (χ0v) is 16.8. The maximum absolute atomic E-state index is 12.3. The Labute approximate surface area is 171 Å². The highest BCUT2D eigenvalue weighted by Gasteiger charge is 2.25. The molecule has 0 spiro atoms. The molecule has 0 unspecified atom stereocenters. The molecule has 0 aromatic heterocycles. The second-order valence-electron chi connectivity index (χ2n) is 6.55. The third-order valence-corrected chi connectivity index (χ3v) is 5.68. The molecule has 1 atom stereocenters. The van der Waals surface area contributed by atoms with Crippen LogP contribution in [0.3, 0.4) is 0 Å². The quantitative estimate of drug-likeness (QED) is 0.647. The number of hydrogen-bond acceptors (Lipinski definition) is 5. The van der Waals surface area contributed by atoms with E-state index in [0.29, 0.717) is 21.9 Å². The number of ether oxygens (including phenoxy) is 1. The molecule has 3 rings (SSSR count). The highest BCUT2D eigenvalue weighted by molar-refractivity contribution is 7.85. The summed E-state index contributed by atoms with van der Waals surface area (Å²) < 4.78 is 17.2. The van der Waals surface area contributed by atoms with Gasteiger partial charge in [-0.3, -0.25) is 13.8 Å². The molecule has 1 aliphatic rings. The van der Waals surface area contributed by atoms with Gasteiger partial charge in [0.05, 0.1) is 32.5 Å². The van der Waals surface area contributed by atoms with Crippen LogP contribution in [-0.4, -0.2) is 40.4 Å². The number of para-hydroxylation sites is 1. The van der Waals surface area contributed by atoms with E-state index in [4.69, 9.17) is 4.74 Å². The fourth-order valence-electron chi connectivity index (χ4n) is 2.67. The molecule has 2 aromatic rings. The topological polar surface area (TPSA) is 102 Å². The molecule has 0 saturated heterocycles. The van der Waals surface area contributed by atoms with Gasteiger partial charge in [-0.15, -0.1) is 0 Å². The Balaban J connectivity index is 1.62. The minimum Gasteiger partial charge on any atom is -0.452 e. The van der Waals surface area contributed by atoms with Crippen molar-refractivity contribution in [2.24, 2.45) is 0 Å². The second-order valence-corrected chi connectivity index (χ2v) is 8.26. The monoisotopic (exact) mass is 414 g/mol. The predicted molar refractivity (Wildman–Crippen MR) is 109 cm³/mol. The minimum atomic E-state index is -1.32. The molecule has 152 valence electrons. The van der Waals surface area contributed by atoms with Crippen molar-refractivity contribution >= 4 is 34.3 Å². The summed E-state index contributed by atoms with van der Waals surface area (Å²) in [6, 6.07) is 13.3. The van der Waals surface area contributed by atoms with E-state index in [-0.39, 0.29) is 17.5 Å².